The minimum atomic E-state index is -0.0926. The lowest BCUT2D eigenvalue weighted by atomic mass is 10.1. The number of benzene rings is 2. The molecule has 0 aliphatic carbocycles. The van der Waals surface area contributed by atoms with Gasteiger partial charge in [0.2, 0.25) is 11.7 Å². The minimum absolute atomic E-state index is 0.0926. The third-order valence-electron chi connectivity index (χ3n) is 4.66. The second-order valence-corrected chi connectivity index (χ2v) is 8.05. The molecule has 7 heteroatoms. The topological polar surface area (TPSA) is 73.0 Å². The van der Waals surface area contributed by atoms with Gasteiger partial charge in [-0.25, -0.2) is 0 Å². The van der Waals surface area contributed by atoms with Crippen molar-refractivity contribution in [1.82, 2.24) is 14.8 Å². The lowest BCUT2D eigenvalue weighted by molar-refractivity contribution is -0.113. The van der Waals surface area contributed by atoms with E-state index < -0.39 is 0 Å². The molecule has 0 aliphatic heterocycles. The van der Waals surface area contributed by atoms with Crippen LogP contribution in [0.1, 0.15) is 16.7 Å². The number of hydrogen-bond donors (Lipinski definition) is 1. The fourth-order valence-electron chi connectivity index (χ4n) is 3.13. The summed E-state index contributed by atoms with van der Waals surface area (Å²) in [5, 5.41) is 12.2. The molecule has 4 rings (SSSR count). The van der Waals surface area contributed by atoms with E-state index in [-0.39, 0.29) is 11.7 Å². The minimum Gasteiger partial charge on any atom is -0.461 e. The van der Waals surface area contributed by atoms with Gasteiger partial charge in [0.1, 0.15) is 0 Å². The first-order valence-corrected chi connectivity index (χ1v) is 10.6. The molecule has 1 amide bonds. The van der Waals surface area contributed by atoms with Crippen molar-refractivity contribution in [2.75, 3.05) is 11.1 Å². The Morgan fingerprint density at radius 3 is 2.50 bits per heavy atom. The average Bonchev–Trinajstić information content (AvgIpc) is 3.39. The van der Waals surface area contributed by atoms with E-state index in [1.807, 2.05) is 79.9 Å². The summed E-state index contributed by atoms with van der Waals surface area (Å²) in [6.45, 7) is 6.05. The largest absolute Gasteiger partial charge is 0.461 e. The van der Waals surface area contributed by atoms with Gasteiger partial charge in [-0.2, -0.15) is 0 Å². The summed E-state index contributed by atoms with van der Waals surface area (Å²) in [5.41, 5.74) is 5.10. The van der Waals surface area contributed by atoms with Crippen LogP contribution < -0.4 is 5.32 Å². The number of hydrogen-bond acceptors (Lipinski definition) is 5. The molecule has 0 unspecified atom stereocenters. The summed E-state index contributed by atoms with van der Waals surface area (Å²) in [7, 11) is 0. The molecule has 0 saturated carbocycles. The highest BCUT2D eigenvalue weighted by Gasteiger charge is 2.19. The Labute approximate surface area is 179 Å². The first-order chi connectivity index (χ1) is 14.5. The number of carbonyl (C=O) groups excluding carboxylic acids is 1. The Balaban J connectivity index is 1.56. The molecule has 0 fully saturated rings. The fourth-order valence-corrected chi connectivity index (χ4v) is 3.88. The van der Waals surface area contributed by atoms with Crippen LogP contribution in [0.2, 0.25) is 0 Å². The van der Waals surface area contributed by atoms with Crippen LogP contribution in [-0.4, -0.2) is 26.4 Å². The molecule has 0 atom stereocenters. The molecule has 0 saturated heterocycles. The highest BCUT2D eigenvalue weighted by molar-refractivity contribution is 7.99. The van der Waals surface area contributed by atoms with E-state index >= 15 is 0 Å². The fraction of sp³-hybridized carbons (Fsp3) is 0.174. The summed E-state index contributed by atoms with van der Waals surface area (Å²) in [5.74, 6) is 1.34. The Kier molecular flexibility index (Phi) is 5.72. The van der Waals surface area contributed by atoms with Crippen molar-refractivity contribution in [1.29, 1.82) is 0 Å². The number of nitrogens with zero attached hydrogens (tertiary/aromatic N) is 3. The van der Waals surface area contributed by atoms with Gasteiger partial charge in [-0.3, -0.25) is 9.36 Å². The van der Waals surface area contributed by atoms with Crippen molar-refractivity contribution in [3.05, 3.63) is 77.6 Å². The van der Waals surface area contributed by atoms with Gasteiger partial charge >= 0.3 is 0 Å². The standard InChI is InChI=1S/C23H22N4O2S/c1-15-6-9-18(10-7-15)27-22(20-5-4-12-29-20)25-26-23(27)30-14-21(28)24-19-11-8-16(2)13-17(19)3/h4-13H,14H2,1-3H3,(H,24,28). The second kappa shape index (κ2) is 8.59. The van der Waals surface area contributed by atoms with Crippen LogP contribution >= 0.6 is 11.8 Å². The molecule has 30 heavy (non-hydrogen) atoms. The molecule has 2 aromatic heterocycles. The molecule has 0 bridgehead atoms. The number of thioether (sulfide) groups is 1. The van der Waals surface area contributed by atoms with E-state index in [4.69, 9.17) is 4.42 Å². The Hall–Kier alpha value is -3.32. The number of furan rings is 1. The summed E-state index contributed by atoms with van der Waals surface area (Å²) in [6.07, 6.45) is 1.60. The number of carbonyl (C=O) groups is 1. The smallest absolute Gasteiger partial charge is 0.234 e. The third-order valence-corrected chi connectivity index (χ3v) is 5.58. The predicted molar refractivity (Wildman–Crippen MR) is 119 cm³/mol. The Bertz CT molecular complexity index is 1160. The molecule has 6 nitrogen and oxygen atoms in total. The van der Waals surface area contributed by atoms with Gasteiger partial charge in [0.15, 0.2) is 10.9 Å². The summed E-state index contributed by atoms with van der Waals surface area (Å²) < 4.78 is 7.44. The zero-order valence-electron chi connectivity index (χ0n) is 17.0. The first-order valence-electron chi connectivity index (χ1n) is 9.57. The second-order valence-electron chi connectivity index (χ2n) is 7.11. The van der Waals surface area contributed by atoms with Crippen LogP contribution in [0, 0.1) is 20.8 Å². The van der Waals surface area contributed by atoms with Crippen molar-refractivity contribution in [2.24, 2.45) is 0 Å². The molecule has 2 aromatic carbocycles. The molecule has 2 heterocycles. The van der Waals surface area contributed by atoms with Gasteiger partial charge in [0.05, 0.1) is 12.0 Å². The number of nitrogens with one attached hydrogen (secondary N) is 1. The first kappa shape index (κ1) is 20.0. The molecular formula is C23H22N4O2S. The molecular weight excluding hydrogens is 396 g/mol. The number of amides is 1. The molecule has 0 radical (unpaired) electrons. The number of aryl methyl sites for hydroxylation is 3. The Morgan fingerprint density at radius 1 is 1.03 bits per heavy atom. The van der Waals surface area contributed by atoms with E-state index in [1.54, 1.807) is 6.26 Å². The number of rotatable bonds is 6. The van der Waals surface area contributed by atoms with Crippen LogP contribution in [0.15, 0.2) is 70.4 Å². The van der Waals surface area contributed by atoms with Gasteiger partial charge in [0.25, 0.3) is 0 Å². The zero-order valence-corrected chi connectivity index (χ0v) is 17.9. The SMILES string of the molecule is Cc1ccc(-n2c(SCC(=O)Nc3ccc(C)cc3C)nnc2-c2ccco2)cc1. The van der Waals surface area contributed by atoms with Crippen LogP contribution in [0.25, 0.3) is 17.3 Å². The highest BCUT2D eigenvalue weighted by Crippen LogP contribution is 2.28. The normalized spacial score (nSPS) is 10.9. The van der Waals surface area contributed by atoms with Crippen molar-refractivity contribution in [3.63, 3.8) is 0 Å². The number of aromatic nitrogens is 3. The van der Waals surface area contributed by atoms with Gasteiger partial charge < -0.3 is 9.73 Å². The summed E-state index contributed by atoms with van der Waals surface area (Å²) >= 11 is 1.34. The van der Waals surface area contributed by atoms with Gasteiger partial charge in [-0.05, 0) is 56.7 Å². The molecule has 0 aliphatic rings. The lowest BCUT2D eigenvalue weighted by Gasteiger charge is -2.11. The Morgan fingerprint density at radius 2 is 1.80 bits per heavy atom. The van der Waals surface area contributed by atoms with Crippen LogP contribution in [0.3, 0.4) is 0 Å². The van der Waals surface area contributed by atoms with E-state index in [0.29, 0.717) is 16.7 Å². The quantitative estimate of drug-likeness (QED) is 0.437. The van der Waals surface area contributed by atoms with E-state index in [2.05, 4.69) is 15.5 Å². The van der Waals surface area contributed by atoms with Crippen molar-refractivity contribution < 1.29 is 9.21 Å². The lowest BCUT2D eigenvalue weighted by Crippen LogP contribution is -2.15. The monoisotopic (exact) mass is 418 g/mol. The van der Waals surface area contributed by atoms with Gasteiger partial charge in [0, 0.05) is 11.4 Å². The maximum Gasteiger partial charge on any atom is 0.234 e. The number of anilines is 1. The maximum atomic E-state index is 12.5. The maximum absolute atomic E-state index is 12.5. The zero-order chi connectivity index (χ0) is 21.1. The summed E-state index contributed by atoms with van der Waals surface area (Å²) in [6, 6.07) is 17.7. The summed E-state index contributed by atoms with van der Waals surface area (Å²) in [4.78, 5) is 12.5. The van der Waals surface area contributed by atoms with Crippen molar-refractivity contribution >= 4 is 23.4 Å². The van der Waals surface area contributed by atoms with E-state index in [1.165, 1.54) is 11.8 Å². The molecule has 4 aromatic rings. The highest BCUT2D eigenvalue weighted by atomic mass is 32.2. The molecule has 152 valence electrons. The van der Waals surface area contributed by atoms with Crippen LogP contribution in [0.5, 0.6) is 0 Å². The third kappa shape index (κ3) is 4.31. The van der Waals surface area contributed by atoms with Crippen LogP contribution in [0.4, 0.5) is 5.69 Å². The van der Waals surface area contributed by atoms with Crippen molar-refractivity contribution in [3.8, 4) is 17.3 Å². The van der Waals surface area contributed by atoms with Gasteiger partial charge in [-0.15, -0.1) is 10.2 Å². The molecule has 0 spiro atoms. The van der Waals surface area contributed by atoms with Gasteiger partial charge in [-0.1, -0.05) is 47.2 Å². The average molecular weight is 419 g/mol. The van der Waals surface area contributed by atoms with Crippen LogP contribution in [-0.2, 0) is 4.79 Å². The van der Waals surface area contributed by atoms with Crippen molar-refractivity contribution in [2.45, 2.75) is 25.9 Å². The predicted octanol–water partition coefficient (Wildman–Crippen LogP) is 5.18. The molecule has 1 N–H and O–H groups in total. The van der Waals surface area contributed by atoms with E-state index in [9.17, 15) is 4.79 Å². The van der Waals surface area contributed by atoms with E-state index in [0.717, 1.165) is 28.1 Å².